The smallest absolute Gasteiger partial charge is 0.335 e. The molecule has 3 aromatic rings. The van der Waals surface area contributed by atoms with Crippen LogP contribution in [0.25, 0.3) is 0 Å². The van der Waals surface area contributed by atoms with E-state index < -0.39 is 22.8 Å². The van der Waals surface area contributed by atoms with Gasteiger partial charge in [-0.1, -0.05) is 23.7 Å². The molecule has 0 bridgehead atoms. The Kier molecular flexibility index (Phi) is 7.49. The molecule has 9 nitrogen and oxygen atoms in total. The van der Waals surface area contributed by atoms with E-state index in [9.17, 15) is 14.4 Å². The molecule has 1 aliphatic carbocycles. The van der Waals surface area contributed by atoms with Gasteiger partial charge >= 0.3 is 17.3 Å². The molecule has 36 heavy (non-hydrogen) atoms. The highest BCUT2D eigenvalue weighted by molar-refractivity contribution is 6.30. The van der Waals surface area contributed by atoms with Gasteiger partial charge in [-0.05, 0) is 75.6 Å². The van der Waals surface area contributed by atoms with Crippen molar-refractivity contribution in [2.45, 2.75) is 52.8 Å². The first-order valence-corrected chi connectivity index (χ1v) is 12.3. The summed E-state index contributed by atoms with van der Waals surface area (Å²) in [6, 6.07) is 14.1. The Labute approximate surface area is 213 Å². The number of halogens is 1. The lowest BCUT2D eigenvalue weighted by atomic mass is 10.1. The molecule has 1 heterocycles. The van der Waals surface area contributed by atoms with Crippen LogP contribution in [0.1, 0.15) is 39.2 Å². The van der Waals surface area contributed by atoms with Crippen molar-refractivity contribution in [3.05, 3.63) is 85.7 Å². The predicted octanol–water partition coefficient (Wildman–Crippen LogP) is 3.40. The molecule has 0 radical (unpaired) electrons. The summed E-state index contributed by atoms with van der Waals surface area (Å²) in [7, 11) is 0. The number of H-pyrrole nitrogens is 1. The number of esters is 1. The molecule has 4 rings (SSSR count). The minimum absolute atomic E-state index is 0.0302. The highest BCUT2D eigenvalue weighted by Crippen LogP contribution is 2.47. The quantitative estimate of drug-likeness (QED) is 0.442. The minimum Gasteiger partial charge on any atom is -0.491 e. The first-order valence-electron chi connectivity index (χ1n) is 11.9. The van der Waals surface area contributed by atoms with Crippen LogP contribution >= 0.6 is 11.6 Å². The Bertz CT molecular complexity index is 1410. The van der Waals surface area contributed by atoms with Crippen molar-refractivity contribution in [1.29, 1.82) is 0 Å². The van der Waals surface area contributed by atoms with Crippen LogP contribution < -0.4 is 21.7 Å². The van der Waals surface area contributed by atoms with Crippen LogP contribution in [0.2, 0.25) is 5.02 Å². The van der Waals surface area contributed by atoms with Gasteiger partial charge in [-0.15, -0.1) is 0 Å². The Morgan fingerprint density at radius 2 is 1.75 bits per heavy atom. The molecule has 2 aromatic carbocycles. The van der Waals surface area contributed by atoms with Crippen molar-refractivity contribution < 1.29 is 14.3 Å². The number of aromatic amines is 1. The molecular weight excluding hydrogens is 484 g/mol. The molecule has 0 saturated heterocycles. The van der Waals surface area contributed by atoms with Gasteiger partial charge in [-0.2, -0.15) is 0 Å². The fourth-order valence-corrected chi connectivity index (χ4v) is 3.98. The molecule has 1 fully saturated rings. The Hall–Kier alpha value is -3.59. The van der Waals surface area contributed by atoms with Gasteiger partial charge in [0.15, 0.2) is 0 Å². The zero-order valence-electron chi connectivity index (χ0n) is 20.5. The summed E-state index contributed by atoms with van der Waals surface area (Å²) in [6.45, 7) is 5.93. The number of carbonyl (C=O) groups excluding carboxylic acids is 1. The summed E-state index contributed by atoms with van der Waals surface area (Å²) >= 11 is 6.02. The van der Waals surface area contributed by atoms with Crippen LogP contribution in [-0.4, -0.2) is 32.8 Å². The zero-order valence-corrected chi connectivity index (χ0v) is 21.2. The minimum atomic E-state index is -0.851. The van der Waals surface area contributed by atoms with E-state index in [0.717, 1.165) is 10.1 Å². The fraction of sp³-hybridized carbons (Fsp3) is 0.385. The van der Waals surface area contributed by atoms with Crippen LogP contribution in [0.4, 0.5) is 5.69 Å². The molecule has 1 N–H and O–H groups in total. The number of hydrogen-bond acceptors (Lipinski definition) is 6. The average Bonchev–Trinajstić information content (AvgIpc) is 3.62. The number of benzene rings is 2. The van der Waals surface area contributed by atoms with Crippen molar-refractivity contribution in [3.8, 4) is 5.75 Å². The highest BCUT2D eigenvalue weighted by Gasteiger charge is 2.52. The van der Waals surface area contributed by atoms with E-state index in [0.29, 0.717) is 29.3 Å². The highest BCUT2D eigenvalue weighted by atomic mass is 35.5. The summed E-state index contributed by atoms with van der Waals surface area (Å²) in [5, 5.41) is 0.571. The van der Waals surface area contributed by atoms with E-state index in [2.05, 4.69) is 9.98 Å². The van der Waals surface area contributed by atoms with E-state index in [1.54, 1.807) is 55.5 Å². The maximum absolute atomic E-state index is 13.6. The van der Waals surface area contributed by atoms with Gasteiger partial charge in [-0.25, -0.2) is 19.1 Å². The third-order valence-electron chi connectivity index (χ3n) is 5.90. The fourth-order valence-electron chi connectivity index (χ4n) is 3.85. The molecule has 1 saturated carbocycles. The Balaban J connectivity index is 1.78. The standard InChI is InChI=1S/C26H29ClN4O5/c1-4-35-22(32)26(13-14-26)16-31-24(33)29-23(28-20-9-11-21(12-10-20)36-17(2)3)30(25(31)34)15-18-5-7-19(27)8-6-18/h5-12,17H,4,13-16H2,1-3H3,(H,28,29,33). The van der Waals surface area contributed by atoms with Gasteiger partial charge in [0, 0.05) is 11.6 Å². The summed E-state index contributed by atoms with van der Waals surface area (Å²) in [5.74, 6) is 0.300. The molecule has 1 aromatic heterocycles. The lowest BCUT2D eigenvalue weighted by Crippen LogP contribution is -2.51. The maximum atomic E-state index is 13.6. The molecule has 0 amide bonds. The molecule has 10 heteroatoms. The summed E-state index contributed by atoms with van der Waals surface area (Å²) in [4.78, 5) is 46.3. The number of nitrogens with zero attached hydrogens (tertiary/aromatic N) is 3. The SMILES string of the molecule is CCOC(=O)C1(Cn2c(=O)[nH]/c(=N\c3ccc(OC(C)C)cc3)n(Cc3ccc(Cl)cc3)c2=O)CC1. The number of ether oxygens (including phenoxy) is 2. The van der Waals surface area contributed by atoms with Crippen molar-refractivity contribution in [1.82, 2.24) is 14.1 Å². The normalized spacial score (nSPS) is 14.6. The molecule has 0 spiro atoms. The third-order valence-corrected chi connectivity index (χ3v) is 6.15. The van der Waals surface area contributed by atoms with E-state index >= 15 is 0 Å². The number of aromatic nitrogens is 3. The van der Waals surface area contributed by atoms with E-state index in [1.807, 2.05) is 13.8 Å². The van der Waals surface area contributed by atoms with Crippen LogP contribution in [0.15, 0.2) is 63.1 Å². The summed E-state index contributed by atoms with van der Waals surface area (Å²) in [5.41, 5.74) is -0.632. The largest absolute Gasteiger partial charge is 0.491 e. The number of nitrogens with one attached hydrogen (secondary N) is 1. The van der Waals surface area contributed by atoms with Crippen LogP contribution in [0.5, 0.6) is 5.75 Å². The second-order valence-corrected chi connectivity index (χ2v) is 9.54. The summed E-state index contributed by atoms with van der Waals surface area (Å²) < 4.78 is 13.3. The van der Waals surface area contributed by atoms with Crippen molar-refractivity contribution >= 4 is 23.3 Å². The molecule has 0 aliphatic heterocycles. The molecular formula is C26H29ClN4O5. The van der Waals surface area contributed by atoms with Gasteiger partial charge in [0.2, 0.25) is 5.62 Å². The van der Waals surface area contributed by atoms with E-state index in [-0.39, 0.29) is 31.4 Å². The van der Waals surface area contributed by atoms with Crippen molar-refractivity contribution in [2.75, 3.05) is 6.61 Å². The van der Waals surface area contributed by atoms with E-state index in [4.69, 9.17) is 21.1 Å². The van der Waals surface area contributed by atoms with Gasteiger partial charge in [0.05, 0.1) is 30.4 Å². The molecule has 1 aliphatic rings. The molecule has 0 unspecified atom stereocenters. The Morgan fingerprint density at radius 3 is 2.33 bits per heavy atom. The first-order chi connectivity index (χ1) is 17.2. The predicted molar refractivity (Wildman–Crippen MR) is 136 cm³/mol. The molecule has 0 atom stereocenters. The maximum Gasteiger partial charge on any atom is 0.335 e. The monoisotopic (exact) mass is 512 g/mol. The molecule has 190 valence electrons. The van der Waals surface area contributed by atoms with Crippen LogP contribution in [-0.2, 0) is 22.6 Å². The van der Waals surface area contributed by atoms with Crippen molar-refractivity contribution in [3.63, 3.8) is 0 Å². The lowest BCUT2D eigenvalue weighted by molar-refractivity contribution is -0.150. The van der Waals surface area contributed by atoms with Crippen molar-refractivity contribution in [2.24, 2.45) is 10.4 Å². The Morgan fingerprint density at radius 1 is 1.08 bits per heavy atom. The second-order valence-electron chi connectivity index (χ2n) is 9.11. The number of hydrogen-bond donors (Lipinski definition) is 1. The van der Waals surface area contributed by atoms with E-state index in [1.165, 1.54) is 4.57 Å². The average molecular weight is 513 g/mol. The van der Waals surface area contributed by atoms with Crippen LogP contribution in [0, 0.1) is 5.41 Å². The first kappa shape index (κ1) is 25.5. The summed E-state index contributed by atoms with van der Waals surface area (Å²) in [6.07, 6.45) is 1.15. The van der Waals surface area contributed by atoms with Gasteiger partial charge in [0.1, 0.15) is 5.75 Å². The zero-order chi connectivity index (χ0) is 25.9. The lowest BCUT2D eigenvalue weighted by Gasteiger charge is -2.16. The van der Waals surface area contributed by atoms with Crippen LogP contribution in [0.3, 0.4) is 0 Å². The topological polar surface area (TPSA) is 108 Å². The third kappa shape index (κ3) is 5.79. The van der Waals surface area contributed by atoms with Gasteiger partial charge in [0.25, 0.3) is 0 Å². The number of carbonyl (C=O) groups is 1. The van der Waals surface area contributed by atoms with Gasteiger partial charge < -0.3 is 9.47 Å². The number of rotatable bonds is 9. The second kappa shape index (κ2) is 10.6. The van der Waals surface area contributed by atoms with Gasteiger partial charge in [-0.3, -0.25) is 14.3 Å².